The first kappa shape index (κ1) is 14.1. The molecule has 0 bridgehead atoms. The van der Waals surface area contributed by atoms with Gasteiger partial charge in [0.15, 0.2) is 0 Å². The zero-order chi connectivity index (χ0) is 14.5. The lowest BCUT2D eigenvalue weighted by atomic mass is 10.1. The predicted octanol–water partition coefficient (Wildman–Crippen LogP) is 2.67. The number of carbonyl (C=O) groups excluding carboxylic acids is 1. The summed E-state index contributed by atoms with van der Waals surface area (Å²) in [6, 6.07) is 9.72. The van der Waals surface area contributed by atoms with E-state index in [0.717, 1.165) is 22.5 Å². The average Bonchev–Trinajstić information content (AvgIpc) is 2.47. The van der Waals surface area contributed by atoms with Crippen LogP contribution in [0.3, 0.4) is 0 Å². The number of nitrogens with zero attached hydrogens (tertiary/aromatic N) is 1. The maximum atomic E-state index is 11.7. The fraction of sp³-hybridized carbons (Fsp3) is 0.250. The second kappa shape index (κ2) is 6.19. The summed E-state index contributed by atoms with van der Waals surface area (Å²) in [6.07, 6.45) is 1.86. The van der Waals surface area contributed by atoms with E-state index in [9.17, 15) is 4.79 Å². The number of anilines is 1. The van der Waals surface area contributed by atoms with Gasteiger partial charge in [-0.05, 0) is 43.2 Å². The summed E-state index contributed by atoms with van der Waals surface area (Å²) < 4.78 is 0. The Balaban J connectivity index is 2.13. The molecular formula is C16H19N3O. The molecule has 0 atom stereocenters. The fourth-order valence-corrected chi connectivity index (χ4v) is 2.01. The summed E-state index contributed by atoms with van der Waals surface area (Å²) in [5.74, 6) is -0.0665. The molecule has 0 saturated heterocycles. The van der Waals surface area contributed by atoms with E-state index in [2.05, 4.69) is 15.6 Å². The summed E-state index contributed by atoms with van der Waals surface area (Å²) in [4.78, 5) is 16.0. The Morgan fingerprint density at radius 1 is 1.20 bits per heavy atom. The van der Waals surface area contributed by atoms with Crippen molar-refractivity contribution in [3.05, 3.63) is 58.9 Å². The minimum Gasteiger partial charge on any atom is -0.381 e. The van der Waals surface area contributed by atoms with Crippen molar-refractivity contribution in [3.8, 4) is 0 Å². The minimum atomic E-state index is -0.0665. The Labute approximate surface area is 119 Å². The molecule has 0 unspecified atom stereocenters. The molecule has 0 saturated carbocycles. The maximum Gasteiger partial charge on any atom is 0.251 e. The zero-order valence-corrected chi connectivity index (χ0v) is 12.0. The monoisotopic (exact) mass is 269 g/mol. The van der Waals surface area contributed by atoms with E-state index in [1.54, 1.807) is 7.05 Å². The molecule has 0 aliphatic heterocycles. The normalized spacial score (nSPS) is 10.2. The summed E-state index contributed by atoms with van der Waals surface area (Å²) in [7, 11) is 1.64. The van der Waals surface area contributed by atoms with Crippen LogP contribution in [0.2, 0.25) is 0 Å². The van der Waals surface area contributed by atoms with Crippen molar-refractivity contribution in [1.29, 1.82) is 0 Å². The van der Waals surface area contributed by atoms with E-state index < -0.39 is 0 Å². The van der Waals surface area contributed by atoms with Crippen LogP contribution < -0.4 is 10.6 Å². The molecule has 0 aliphatic carbocycles. The van der Waals surface area contributed by atoms with Crippen LogP contribution >= 0.6 is 0 Å². The van der Waals surface area contributed by atoms with E-state index >= 15 is 0 Å². The highest BCUT2D eigenvalue weighted by Gasteiger charge is 2.09. The van der Waals surface area contributed by atoms with Gasteiger partial charge < -0.3 is 10.6 Å². The highest BCUT2D eigenvalue weighted by atomic mass is 16.1. The van der Waals surface area contributed by atoms with Crippen LogP contribution in [-0.4, -0.2) is 17.9 Å². The number of carbonyl (C=O) groups is 1. The zero-order valence-electron chi connectivity index (χ0n) is 12.0. The van der Waals surface area contributed by atoms with Gasteiger partial charge in [0.1, 0.15) is 0 Å². The molecule has 1 amide bonds. The highest BCUT2D eigenvalue weighted by Crippen LogP contribution is 2.19. The highest BCUT2D eigenvalue weighted by molar-refractivity contribution is 5.96. The van der Waals surface area contributed by atoms with Crippen molar-refractivity contribution in [1.82, 2.24) is 10.3 Å². The van der Waals surface area contributed by atoms with Gasteiger partial charge in [-0.2, -0.15) is 0 Å². The van der Waals surface area contributed by atoms with Crippen LogP contribution in [0, 0.1) is 13.8 Å². The van der Waals surface area contributed by atoms with E-state index in [1.165, 1.54) is 0 Å². The number of pyridine rings is 1. The number of hydrogen-bond donors (Lipinski definition) is 2. The van der Waals surface area contributed by atoms with Crippen molar-refractivity contribution in [2.45, 2.75) is 20.4 Å². The first-order valence-corrected chi connectivity index (χ1v) is 6.59. The Morgan fingerprint density at radius 2 is 2.00 bits per heavy atom. The van der Waals surface area contributed by atoms with Crippen LogP contribution in [0.25, 0.3) is 0 Å². The summed E-state index contributed by atoms with van der Waals surface area (Å²) >= 11 is 0. The first-order chi connectivity index (χ1) is 9.61. The van der Waals surface area contributed by atoms with E-state index in [4.69, 9.17) is 0 Å². The number of aryl methyl sites for hydroxylation is 1. The lowest BCUT2D eigenvalue weighted by molar-refractivity contribution is 0.0962. The van der Waals surface area contributed by atoms with Gasteiger partial charge in [0, 0.05) is 36.7 Å². The molecule has 1 aromatic carbocycles. The Kier molecular flexibility index (Phi) is 4.35. The van der Waals surface area contributed by atoms with Crippen molar-refractivity contribution < 1.29 is 4.79 Å². The van der Waals surface area contributed by atoms with E-state index in [-0.39, 0.29) is 5.91 Å². The third kappa shape index (κ3) is 3.15. The molecule has 104 valence electrons. The molecule has 0 fully saturated rings. The molecule has 2 N–H and O–H groups in total. The topological polar surface area (TPSA) is 54.0 Å². The lowest BCUT2D eigenvalue weighted by Gasteiger charge is -2.12. The Bertz CT molecular complexity index is 606. The number of benzene rings is 1. The van der Waals surface area contributed by atoms with Crippen LogP contribution in [0.1, 0.15) is 27.2 Å². The number of rotatable bonds is 4. The van der Waals surface area contributed by atoms with Crippen molar-refractivity contribution in [2.24, 2.45) is 0 Å². The average molecular weight is 269 g/mol. The smallest absolute Gasteiger partial charge is 0.251 e. The largest absolute Gasteiger partial charge is 0.381 e. The van der Waals surface area contributed by atoms with E-state index in [0.29, 0.717) is 12.1 Å². The molecule has 1 aromatic heterocycles. The van der Waals surface area contributed by atoms with Crippen LogP contribution in [0.4, 0.5) is 5.69 Å². The standard InChI is InChI=1S/C16H19N3O/c1-11-7-8-13(9-18-11)10-19-15-6-4-5-14(12(15)2)16(20)17-3/h4-9,19H,10H2,1-3H3,(H,17,20). The molecule has 2 rings (SSSR count). The maximum absolute atomic E-state index is 11.7. The quantitative estimate of drug-likeness (QED) is 0.897. The molecule has 1 heterocycles. The van der Waals surface area contributed by atoms with Crippen LogP contribution in [0.5, 0.6) is 0 Å². The third-order valence-electron chi connectivity index (χ3n) is 3.26. The summed E-state index contributed by atoms with van der Waals surface area (Å²) in [6.45, 7) is 4.60. The van der Waals surface area contributed by atoms with Crippen LogP contribution in [-0.2, 0) is 6.54 Å². The molecular weight excluding hydrogens is 250 g/mol. The Morgan fingerprint density at radius 3 is 2.65 bits per heavy atom. The molecule has 20 heavy (non-hydrogen) atoms. The molecule has 0 aliphatic rings. The predicted molar refractivity (Wildman–Crippen MR) is 80.9 cm³/mol. The second-order valence-electron chi connectivity index (χ2n) is 4.72. The summed E-state index contributed by atoms with van der Waals surface area (Å²) in [5, 5.41) is 6.00. The van der Waals surface area contributed by atoms with Crippen molar-refractivity contribution >= 4 is 11.6 Å². The van der Waals surface area contributed by atoms with Gasteiger partial charge in [-0.15, -0.1) is 0 Å². The van der Waals surface area contributed by atoms with Crippen molar-refractivity contribution in [2.75, 3.05) is 12.4 Å². The fourth-order valence-electron chi connectivity index (χ4n) is 2.01. The van der Waals surface area contributed by atoms with Crippen LogP contribution in [0.15, 0.2) is 36.5 Å². The van der Waals surface area contributed by atoms with Gasteiger partial charge in [-0.3, -0.25) is 9.78 Å². The Hall–Kier alpha value is -2.36. The number of hydrogen-bond acceptors (Lipinski definition) is 3. The number of amides is 1. The summed E-state index contributed by atoms with van der Waals surface area (Å²) in [5.41, 5.74) is 4.73. The van der Waals surface area contributed by atoms with Gasteiger partial charge in [0.25, 0.3) is 5.91 Å². The van der Waals surface area contributed by atoms with Gasteiger partial charge in [0.05, 0.1) is 0 Å². The van der Waals surface area contributed by atoms with Gasteiger partial charge in [-0.1, -0.05) is 12.1 Å². The number of nitrogens with one attached hydrogen (secondary N) is 2. The lowest BCUT2D eigenvalue weighted by Crippen LogP contribution is -2.19. The van der Waals surface area contributed by atoms with Crippen molar-refractivity contribution in [3.63, 3.8) is 0 Å². The van der Waals surface area contributed by atoms with Gasteiger partial charge in [-0.25, -0.2) is 0 Å². The molecule has 4 heteroatoms. The molecule has 0 spiro atoms. The number of aromatic nitrogens is 1. The van der Waals surface area contributed by atoms with Gasteiger partial charge in [0.2, 0.25) is 0 Å². The third-order valence-corrected chi connectivity index (χ3v) is 3.26. The molecule has 2 aromatic rings. The molecule has 4 nitrogen and oxygen atoms in total. The van der Waals surface area contributed by atoms with E-state index in [1.807, 2.05) is 50.4 Å². The second-order valence-corrected chi connectivity index (χ2v) is 4.72. The SMILES string of the molecule is CNC(=O)c1cccc(NCc2ccc(C)nc2)c1C. The minimum absolute atomic E-state index is 0.0665. The van der Waals surface area contributed by atoms with Gasteiger partial charge >= 0.3 is 0 Å². The molecule has 0 radical (unpaired) electrons. The first-order valence-electron chi connectivity index (χ1n) is 6.59.